The molecule has 1 aliphatic rings. The molecule has 0 radical (unpaired) electrons. The molecule has 0 aliphatic heterocycles. The largest absolute Gasteiger partial charge is 0.481 e. The van der Waals surface area contributed by atoms with Crippen molar-refractivity contribution in [1.29, 1.82) is 0 Å². The van der Waals surface area contributed by atoms with Crippen molar-refractivity contribution in [3.8, 4) is 0 Å². The van der Waals surface area contributed by atoms with E-state index in [9.17, 15) is 9.59 Å². The summed E-state index contributed by atoms with van der Waals surface area (Å²) in [5.74, 6) is -3.33. The maximum atomic E-state index is 10.7. The minimum Gasteiger partial charge on any atom is -0.481 e. The number of carboxylic acids is 2. The Morgan fingerprint density at radius 2 is 2.07 bits per heavy atom. The van der Waals surface area contributed by atoms with E-state index < -0.39 is 29.8 Å². The molecule has 0 amide bonds. The second kappa shape index (κ2) is 3.93. The van der Waals surface area contributed by atoms with E-state index in [0.29, 0.717) is 6.54 Å². The van der Waals surface area contributed by atoms with Crippen molar-refractivity contribution >= 4 is 11.9 Å². The minimum absolute atomic E-state index is 0.163. The quantitative estimate of drug-likeness (QED) is 0.434. The van der Waals surface area contributed by atoms with Crippen LogP contribution in [0.15, 0.2) is 0 Å². The van der Waals surface area contributed by atoms with E-state index in [1.807, 2.05) is 0 Å². The topological polar surface area (TPSA) is 113 Å². The number of carbonyl (C=O) groups is 2. The lowest BCUT2D eigenvalue weighted by atomic mass is 10.1. The first kappa shape index (κ1) is 10.9. The number of hydrogen-bond donors (Lipinski definition) is 4. The van der Waals surface area contributed by atoms with Crippen LogP contribution in [0, 0.1) is 17.8 Å². The lowest BCUT2D eigenvalue weighted by Gasteiger charge is -2.03. The Morgan fingerprint density at radius 3 is 2.43 bits per heavy atom. The van der Waals surface area contributed by atoms with Crippen molar-refractivity contribution in [2.24, 2.45) is 23.5 Å². The Bertz CT molecular complexity index is 256. The molecular weight excluding hydrogens is 188 g/mol. The highest BCUT2D eigenvalue weighted by Crippen LogP contribution is 2.47. The summed E-state index contributed by atoms with van der Waals surface area (Å²) in [5.41, 5.74) is 5.38. The van der Waals surface area contributed by atoms with Gasteiger partial charge in [-0.25, -0.2) is 0 Å². The summed E-state index contributed by atoms with van der Waals surface area (Å²) in [6.45, 7) is 0.489. The zero-order chi connectivity index (χ0) is 10.9. The predicted octanol–water partition coefficient (Wildman–Crippen LogP) is -1.44. The van der Waals surface area contributed by atoms with Gasteiger partial charge in [-0.1, -0.05) is 0 Å². The summed E-state index contributed by atoms with van der Waals surface area (Å²) in [5, 5.41) is 20.2. The molecule has 0 bridgehead atoms. The van der Waals surface area contributed by atoms with Crippen LogP contribution >= 0.6 is 0 Å². The monoisotopic (exact) mass is 202 g/mol. The molecule has 14 heavy (non-hydrogen) atoms. The molecular formula is C8H14N2O4. The lowest BCUT2D eigenvalue weighted by molar-refractivity contribution is -0.140. The van der Waals surface area contributed by atoms with Gasteiger partial charge in [0, 0.05) is 5.92 Å². The number of nitrogens with two attached hydrogens (primary N) is 1. The first-order chi connectivity index (χ1) is 6.50. The smallest absolute Gasteiger partial charge is 0.320 e. The van der Waals surface area contributed by atoms with Gasteiger partial charge in [-0.15, -0.1) is 0 Å². The van der Waals surface area contributed by atoms with Crippen LogP contribution in [0.5, 0.6) is 0 Å². The summed E-state index contributed by atoms with van der Waals surface area (Å²) in [6.07, 6.45) is 0. The summed E-state index contributed by atoms with van der Waals surface area (Å²) < 4.78 is 0. The molecule has 1 saturated carbocycles. The molecule has 5 N–H and O–H groups in total. The molecule has 0 aromatic carbocycles. The Labute approximate surface area is 81.1 Å². The predicted molar refractivity (Wildman–Crippen MR) is 47.6 cm³/mol. The third-order valence-electron chi connectivity index (χ3n) is 2.65. The SMILES string of the molecule is CNCC1C(C(=O)O)C1[C@H](N)C(=O)O. The second-order valence-electron chi connectivity index (χ2n) is 3.53. The van der Waals surface area contributed by atoms with Gasteiger partial charge in [-0.05, 0) is 19.5 Å². The minimum atomic E-state index is -1.14. The normalized spacial score (nSPS) is 32.3. The first-order valence-corrected chi connectivity index (χ1v) is 4.36. The molecule has 0 heterocycles. The van der Waals surface area contributed by atoms with Crippen molar-refractivity contribution in [2.75, 3.05) is 13.6 Å². The number of hydrogen-bond acceptors (Lipinski definition) is 4. The maximum absolute atomic E-state index is 10.7. The highest BCUT2D eigenvalue weighted by molar-refractivity contribution is 5.80. The van der Waals surface area contributed by atoms with Gasteiger partial charge in [-0.3, -0.25) is 9.59 Å². The number of carboxylic acid groups (broad SMARTS) is 2. The van der Waals surface area contributed by atoms with Crippen LogP contribution in [0.3, 0.4) is 0 Å². The van der Waals surface area contributed by atoms with Gasteiger partial charge in [0.2, 0.25) is 0 Å². The first-order valence-electron chi connectivity index (χ1n) is 4.36. The van der Waals surface area contributed by atoms with Crippen molar-refractivity contribution in [3.63, 3.8) is 0 Å². The second-order valence-corrected chi connectivity index (χ2v) is 3.53. The maximum Gasteiger partial charge on any atom is 0.320 e. The van der Waals surface area contributed by atoms with E-state index in [1.54, 1.807) is 7.05 Å². The van der Waals surface area contributed by atoms with Crippen molar-refractivity contribution in [2.45, 2.75) is 6.04 Å². The number of nitrogens with one attached hydrogen (secondary N) is 1. The summed E-state index contributed by atoms with van der Waals surface area (Å²) in [6, 6.07) is -1.07. The number of rotatable bonds is 5. The molecule has 6 heteroatoms. The van der Waals surface area contributed by atoms with Crippen molar-refractivity contribution in [1.82, 2.24) is 5.32 Å². The van der Waals surface area contributed by atoms with Crippen molar-refractivity contribution < 1.29 is 19.8 Å². The van der Waals surface area contributed by atoms with Crippen LogP contribution in [-0.4, -0.2) is 41.8 Å². The third kappa shape index (κ3) is 1.85. The molecule has 0 saturated heterocycles. The van der Waals surface area contributed by atoms with E-state index in [4.69, 9.17) is 15.9 Å². The van der Waals surface area contributed by atoms with Gasteiger partial charge in [0.25, 0.3) is 0 Å². The molecule has 80 valence electrons. The highest BCUT2D eigenvalue weighted by atomic mass is 16.4. The van der Waals surface area contributed by atoms with E-state index in [1.165, 1.54) is 0 Å². The fourth-order valence-electron chi connectivity index (χ4n) is 1.90. The average Bonchev–Trinajstić information content (AvgIpc) is 2.78. The third-order valence-corrected chi connectivity index (χ3v) is 2.65. The van der Waals surface area contributed by atoms with Crippen LogP contribution in [0.2, 0.25) is 0 Å². The average molecular weight is 202 g/mol. The molecule has 6 nitrogen and oxygen atoms in total. The van der Waals surface area contributed by atoms with Gasteiger partial charge in [0.1, 0.15) is 6.04 Å². The standard InChI is InChI=1S/C8H14N2O4/c1-10-2-3-4(5(3)7(11)12)6(9)8(13)14/h3-6,10H,2,9H2,1H3,(H,11,12)(H,13,14)/t3?,4?,5?,6-/m0/s1. The van der Waals surface area contributed by atoms with Crippen LogP contribution in [-0.2, 0) is 9.59 Å². The fraction of sp³-hybridized carbons (Fsp3) is 0.750. The molecule has 4 atom stereocenters. The highest BCUT2D eigenvalue weighted by Gasteiger charge is 2.58. The van der Waals surface area contributed by atoms with Gasteiger partial charge in [0.05, 0.1) is 5.92 Å². The Hall–Kier alpha value is -1.14. The zero-order valence-corrected chi connectivity index (χ0v) is 7.80. The van der Waals surface area contributed by atoms with E-state index in [0.717, 1.165) is 0 Å². The van der Waals surface area contributed by atoms with Crippen molar-refractivity contribution in [3.05, 3.63) is 0 Å². The van der Waals surface area contributed by atoms with Gasteiger partial charge >= 0.3 is 11.9 Å². The van der Waals surface area contributed by atoms with Crippen LogP contribution in [0.25, 0.3) is 0 Å². The van der Waals surface area contributed by atoms with E-state index in [-0.39, 0.29) is 5.92 Å². The van der Waals surface area contributed by atoms with Gasteiger partial charge in [0.15, 0.2) is 0 Å². The van der Waals surface area contributed by atoms with E-state index >= 15 is 0 Å². The Balaban J connectivity index is 2.62. The molecule has 1 aliphatic carbocycles. The lowest BCUT2D eigenvalue weighted by Crippen LogP contribution is -2.34. The van der Waals surface area contributed by atoms with Crippen LogP contribution in [0.1, 0.15) is 0 Å². The summed E-state index contributed by atoms with van der Waals surface area (Å²) >= 11 is 0. The number of aliphatic carboxylic acids is 2. The van der Waals surface area contributed by atoms with Gasteiger partial charge < -0.3 is 21.3 Å². The Morgan fingerprint density at radius 1 is 1.50 bits per heavy atom. The molecule has 1 rings (SSSR count). The molecule has 0 spiro atoms. The summed E-state index contributed by atoms with van der Waals surface area (Å²) in [4.78, 5) is 21.3. The molecule has 0 aromatic rings. The zero-order valence-electron chi connectivity index (χ0n) is 7.80. The molecule has 3 unspecified atom stereocenters. The van der Waals surface area contributed by atoms with Gasteiger partial charge in [-0.2, -0.15) is 0 Å². The Kier molecular flexibility index (Phi) is 3.07. The van der Waals surface area contributed by atoms with E-state index in [2.05, 4.69) is 5.32 Å². The summed E-state index contributed by atoms with van der Waals surface area (Å²) in [7, 11) is 1.70. The fourth-order valence-corrected chi connectivity index (χ4v) is 1.90. The molecule has 1 fully saturated rings. The van der Waals surface area contributed by atoms with Crippen LogP contribution in [0.4, 0.5) is 0 Å². The van der Waals surface area contributed by atoms with Crippen LogP contribution < -0.4 is 11.1 Å². The molecule has 0 aromatic heterocycles.